The quantitative estimate of drug-likeness (QED) is 0.0452. The number of hydrogen-bond donors (Lipinski definition) is 10. The number of carbonyl (C=O) groups is 6. The first-order valence-corrected chi connectivity index (χ1v) is 11.3. The number of hydrogen-bond acceptors (Lipinski definition) is 9. The highest BCUT2D eigenvalue weighted by Crippen LogP contribution is 2.05. The van der Waals surface area contributed by atoms with Gasteiger partial charge in [-0.05, 0) is 32.6 Å². The lowest BCUT2D eigenvalue weighted by Gasteiger charge is -2.26. The van der Waals surface area contributed by atoms with Crippen LogP contribution in [0.25, 0.3) is 0 Å². The Balaban J connectivity index is 5.41. The summed E-state index contributed by atoms with van der Waals surface area (Å²) in [4.78, 5) is 75.3. The van der Waals surface area contributed by atoms with Gasteiger partial charge in [0.25, 0.3) is 0 Å². The molecule has 15 N–H and O–H groups in total. The molecule has 37 heavy (non-hydrogen) atoms. The Morgan fingerprint density at radius 2 is 1.30 bits per heavy atom. The van der Waals surface area contributed by atoms with Crippen LogP contribution in [-0.2, 0) is 28.8 Å². The van der Waals surface area contributed by atoms with Crippen molar-refractivity contribution in [1.29, 1.82) is 0 Å². The van der Waals surface area contributed by atoms with Crippen LogP contribution >= 0.6 is 0 Å². The number of carboxylic acid groups (broad SMARTS) is 1. The van der Waals surface area contributed by atoms with Crippen molar-refractivity contribution in [3.63, 3.8) is 0 Å². The summed E-state index contributed by atoms with van der Waals surface area (Å²) in [6.45, 7) is 1.43. The second kappa shape index (κ2) is 16.6. The molecule has 0 aliphatic carbocycles. The molecule has 0 aromatic rings. The molecular formula is C20H37N9O8. The molecule has 0 fully saturated rings. The van der Waals surface area contributed by atoms with Gasteiger partial charge in [-0.25, -0.2) is 4.79 Å². The monoisotopic (exact) mass is 531 g/mol. The van der Waals surface area contributed by atoms with E-state index >= 15 is 0 Å². The molecule has 0 saturated heterocycles. The fourth-order valence-electron chi connectivity index (χ4n) is 2.95. The van der Waals surface area contributed by atoms with Crippen LogP contribution < -0.4 is 44.6 Å². The zero-order valence-corrected chi connectivity index (χ0v) is 20.5. The number of aliphatic hydroxyl groups excluding tert-OH is 1. The molecule has 0 aliphatic heterocycles. The fraction of sp³-hybridized carbons (Fsp3) is 0.650. The number of rotatable bonds is 18. The molecular weight excluding hydrogens is 494 g/mol. The molecule has 17 heteroatoms. The van der Waals surface area contributed by atoms with Crippen LogP contribution in [0.3, 0.4) is 0 Å². The molecule has 17 nitrogen and oxygen atoms in total. The Morgan fingerprint density at radius 1 is 0.784 bits per heavy atom. The van der Waals surface area contributed by atoms with Gasteiger partial charge in [0.05, 0.1) is 12.1 Å². The van der Waals surface area contributed by atoms with Crippen molar-refractivity contribution in [2.45, 2.75) is 75.7 Å². The van der Waals surface area contributed by atoms with E-state index in [1.165, 1.54) is 6.92 Å². The number of nitrogens with two attached hydrogens (primary N) is 5. The largest absolute Gasteiger partial charge is 0.480 e. The smallest absolute Gasteiger partial charge is 0.326 e. The van der Waals surface area contributed by atoms with Crippen molar-refractivity contribution >= 4 is 41.5 Å². The van der Waals surface area contributed by atoms with Gasteiger partial charge in [-0.1, -0.05) is 0 Å². The van der Waals surface area contributed by atoms with Crippen LogP contribution in [0, 0.1) is 0 Å². The van der Waals surface area contributed by atoms with Crippen molar-refractivity contribution in [3.8, 4) is 0 Å². The summed E-state index contributed by atoms with van der Waals surface area (Å²) in [6.07, 6.45) is -2.25. The number of guanidine groups is 1. The molecule has 0 rings (SSSR count). The summed E-state index contributed by atoms with van der Waals surface area (Å²) < 4.78 is 0. The zero-order valence-electron chi connectivity index (χ0n) is 20.5. The normalized spacial score (nSPS) is 14.7. The predicted octanol–water partition coefficient (Wildman–Crippen LogP) is -5.18. The molecule has 5 amide bonds. The van der Waals surface area contributed by atoms with E-state index in [0.29, 0.717) is 6.42 Å². The number of aliphatic carboxylic acids is 1. The molecule has 0 aliphatic rings. The van der Waals surface area contributed by atoms with Crippen LogP contribution in [0.1, 0.15) is 45.4 Å². The van der Waals surface area contributed by atoms with Gasteiger partial charge in [0.1, 0.15) is 18.1 Å². The second-order valence-corrected chi connectivity index (χ2v) is 8.25. The molecule has 0 aromatic heterocycles. The summed E-state index contributed by atoms with van der Waals surface area (Å²) in [6, 6.07) is -5.61. The number of nitrogens with zero attached hydrogens (tertiary/aromatic N) is 1. The molecule has 0 bridgehead atoms. The van der Waals surface area contributed by atoms with E-state index in [0.717, 1.165) is 0 Å². The van der Waals surface area contributed by atoms with Gasteiger partial charge < -0.3 is 54.8 Å². The Kier molecular flexibility index (Phi) is 14.8. The average molecular weight is 532 g/mol. The van der Waals surface area contributed by atoms with Crippen molar-refractivity contribution in [3.05, 3.63) is 0 Å². The van der Waals surface area contributed by atoms with E-state index in [2.05, 4.69) is 20.9 Å². The lowest BCUT2D eigenvalue weighted by Crippen LogP contribution is -2.59. The number of carbonyl (C=O) groups excluding carboxylic acids is 5. The summed E-state index contributed by atoms with van der Waals surface area (Å²) in [5.41, 5.74) is 26.4. The summed E-state index contributed by atoms with van der Waals surface area (Å²) in [5, 5.41) is 26.0. The first kappa shape index (κ1) is 33.0. The van der Waals surface area contributed by atoms with Crippen molar-refractivity contribution in [2.75, 3.05) is 6.54 Å². The molecule has 5 unspecified atom stereocenters. The number of aliphatic hydroxyl groups is 1. The number of aliphatic imine (C=N–C) groups is 1. The fourth-order valence-corrected chi connectivity index (χ4v) is 2.95. The van der Waals surface area contributed by atoms with Crippen molar-refractivity contribution in [1.82, 2.24) is 16.0 Å². The first-order valence-electron chi connectivity index (χ1n) is 11.3. The number of primary amides is 2. The topological polar surface area (TPSA) is 321 Å². The average Bonchev–Trinajstić information content (AvgIpc) is 2.78. The minimum absolute atomic E-state index is 0.124. The maximum atomic E-state index is 12.8. The molecule has 0 saturated carbocycles. The Hall–Kier alpha value is -3.99. The summed E-state index contributed by atoms with van der Waals surface area (Å²) in [5.74, 6) is -5.96. The van der Waals surface area contributed by atoms with Crippen LogP contribution in [0.2, 0.25) is 0 Å². The number of amides is 5. The minimum atomic E-state index is -1.55. The van der Waals surface area contributed by atoms with E-state index < -0.39 is 65.8 Å². The highest BCUT2D eigenvalue weighted by molar-refractivity contribution is 5.94. The van der Waals surface area contributed by atoms with Gasteiger partial charge in [0.2, 0.25) is 29.5 Å². The van der Waals surface area contributed by atoms with Crippen LogP contribution in [-0.4, -0.2) is 88.5 Å². The van der Waals surface area contributed by atoms with E-state index in [1.54, 1.807) is 0 Å². The van der Waals surface area contributed by atoms with Gasteiger partial charge in [-0.2, -0.15) is 0 Å². The Bertz CT molecular complexity index is 861. The second-order valence-electron chi connectivity index (χ2n) is 8.25. The van der Waals surface area contributed by atoms with E-state index in [9.17, 15) is 39.0 Å². The highest BCUT2D eigenvalue weighted by Gasteiger charge is 2.32. The van der Waals surface area contributed by atoms with Gasteiger partial charge in [0.15, 0.2) is 5.96 Å². The highest BCUT2D eigenvalue weighted by atomic mass is 16.4. The third-order valence-electron chi connectivity index (χ3n) is 4.97. The summed E-state index contributed by atoms with van der Waals surface area (Å²) in [7, 11) is 0. The maximum Gasteiger partial charge on any atom is 0.326 e. The van der Waals surface area contributed by atoms with Crippen molar-refractivity contribution < 1.29 is 39.0 Å². The number of carboxylic acids is 1. The van der Waals surface area contributed by atoms with E-state index in [1.807, 2.05) is 0 Å². The van der Waals surface area contributed by atoms with Crippen molar-refractivity contribution in [2.24, 2.45) is 33.7 Å². The molecule has 5 atom stereocenters. The standard InChI is InChI=1S/C20H37N9O8/c1-9(30)15(29-16(33)10(21)3-2-8-26-20(24)25)18(35)27-11(4-6-13(22)31)17(34)28-12(19(36)37)5-7-14(23)32/h9-12,15,30H,2-8,21H2,1H3,(H2,22,31)(H2,23,32)(H,27,35)(H,28,34)(H,29,33)(H,36,37)(H4,24,25,26). The molecule has 210 valence electrons. The lowest BCUT2D eigenvalue weighted by molar-refractivity contribution is -0.143. The third kappa shape index (κ3) is 14.2. The Labute approximate surface area is 212 Å². The number of nitrogens with one attached hydrogen (secondary N) is 3. The molecule has 0 aromatic carbocycles. The first-order chi connectivity index (χ1) is 17.1. The molecule has 0 spiro atoms. The minimum Gasteiger partial charge on any atom is -0.480 e. The van der Waals surface area contributed by atoms with Crippen LogP contribution in [0.4, 0.5) is 0 Å². The molecule has 0 radical (unpaired) electrons. The third-order valence-corrected chi connectivity index (χ3v) is 4.97. The Morgan fingerprint density at radius 3 is 1.76 bits per heavy atom. The van der Waals surface area contributed by atoms with Gasteiger partial charge in [-0.15, -0.1) is 0 Å². The molecule has 0 heterocycles. The SMILES string of the molecule is CC(O)C(NC(=O)C(N)CCCN=C(N)N)C(=O)NC(CCC(N)=O)C(=O)NC(CCC(N)=O)C(=O)O. The zero-order chi connectivity index (χ0) is 28.7. The van der Waals surface area contributed by atoms with Gasteiger partial charge in [-0.3, -0.25) is 29.0 Å². The van der Waals surface area contributed by atoms with Crippen LogP contribution in [0.5, 0.6) is 0 Å². The van der Waals surface area contributed by atoms with E-state index in [4.69, 9.17) is 28.7 Å². The maximum absolute atomic E-state index is 12.8. The lowest BCUT2D eigenvalue weighted by atomic mass is 10.1. The van der Waals surface area contributed by atoms with Gasteiger partial charge >= 0.3 is 5.97 Å². The summed E-state index contributed by atoms with van der Waals surface area (Å²) >= 11 is 0. The van der Waals surface area contributed by atoms with Crippen LogP contribution in [0.15, 0.2) is 4.99 Å². The predicted molar refractivity (Wildman–Crippen MR) is 130 cm³/mol. The van der Waals surface area contributed by atoms with Gasteiger partial charge in [0, 0.05) is 19.4 Å². The van der Waals surface area contributed by atoms with E-state index in [-0.39, 0.29) is 44.6 Å².